The van der Waals surface area contributed by atoms with E-state index in [-0.39, 0.29) is 5.41 Å². The Labute approximate surface area is 169 Å². The number of nitrogens with zero attached hydrogens (tertiary/aromatic N) is 2. The second-order valence-corrected chi connectivity index (χ2v) is 8.08. The third-order valence-electron chi connectivity index (χ3n) is 5.09. The molecular formula is C21H34ClN3O2. The zero-order valence-corrected chi connectivity index (χ0v) is 17.9. The molecule has 152 valence electrons. The van der Waals surface area contributed by atoms with Crippen molar-refractivity contribution in [2.45, 2.75) is 44.6 Å². The first kappa shape index (κ1) is 22.0. The molecule has 0 radical (unpaired) electrons. The third-order valence-corrected chi connectivity index (χ3v) is 5.42. The van der Waals surface area contributed by atoms with Gasteiger partial charge in [0.1, 0.15) is 0 Å². The van der Waals surface area contributed by atoms with Gasteiger partial charge in [0.05, 0.1) is 6.10 Å². The lowest BCUT2D eigenvalue weighted by molar-refractivity contribution is 0.00987. The Hall–Kier alpha value is -1.30. The molecule has 6 heteroatoms. The molecule has 1 aromatic rings. The molecule has 0 amide bonds. The predicted molar refractivity (Wildman–Crippen MR) is 113 cm³/mol. The standard InChI is InChI=1S/C21H34ClN3O2/c1-21(2,18-8-5-6-9-19(18)22)16-24-20(23-3)25-12-10-17(11-13-25)27-15-7-14-26-4/h5-6,8-9,17H,7,10-16H2,1-4H3,(H,23,24). The number of halogens is 1. The second kappa shape index (κ2) is 10.9. The van der Waals surface area contributed by atoms with Crippen molar-refractivity contribution in [3.8, 4) is 0 Å². The van der Waals surface area contributed by atoms with Gasteiger partial charge in [0, 0.05) is 57.4 Å². The summed E-state index contributed by atoms with van der Waals surface area (Å²) in [6.45, 7) is 8.64. The van der Waals surface area contributed by atoms with Gasteiger partial charge in [-0.3, -0.25) is 4.99 Å². The molecule has 1 aromatic carbocycles. The molecule has 1 aliphatic rings. The Morgan fingerprint density at radius 2 is 1.96 bits per heavy atom. The molecule has 0 spiro atoms. The van der Waals surface area contributed by atoms with Gasteiger partial charge >= 0.3 is 0 Å². The van der Waals surface area contributed by atoms with E-state index >= 15 is 0 Å². The summed E-state index contributed by atoms with van der Waals surface area (Å²) in [6, 6.07) is 8.05. The first-order chi connectivity index (χ1) is 13.0. The number of aliphatic imine (C=N–C) groups is 1. The Balaban J connectivity index is 1.82. The van der Waals surface area contributed by atoms with Gasteiger partial charge in [-0.1, -0.05) is 43.6 Å². The predicted octanol–water partition coefficient (Wildman–Crippen LogP) is 3.71. The molecule has 5 nitrogen and oxygen atoms in total. The highest BCUT2D eigenvalue weighted by atomic mass is 35.5. The fraction of sp³-hybridized carbons (Fsp3) is 0.667. The van der Waals surface area contributed by atoms with E-state index in [1.54, 1.807) is 7.11 Å². The van der Waals surface area contributed by atoms with Crippen molar-refractivity contribution in [2.75, 3.05) is 47.0 Å². The van der Waals surface area contributed by atoms with Crippen molar-refractivity contribution in [3.05, 3.63) is 34.9 Å². The van der Waals surface area contributed by atoms with Crippen molar-refractivity contribution in [1.82, 2.24) is 10.2 Å². The van der Waals surface area contributed by atoms with Crippen LogP contribution in [0.3, 0.4) is 0 Å². The highest BCUT2D eigenvalue weighted by Crippen LogP contribution is 2.29. The molecule has 2 rings (SSSR count). The number of hydrogen-bond donors (Lipinski definition) is 1. The van der Waals surface area contributed by atoms with Crippen LogP contribution in [0, 0.1) is 0 Å². The van der Waals surface area contributed by atoms with Crippen LogP contribution in [-0.2, 0) is 14.9 Å². The summed E-state index contributed by atoms with van der Waals surface area (Å²) in [4.78, 5) is 6.80. The Bertz CT molecular complexity index is 599. The summed E-state index contributed by atoms with van der Waals surface area (Å²) >= 11 is 6.39. The quantitative estimate of drug-likeness (QED) is 0.414. The van der Waals surface area contributed by atoms with E-state index in [0.29, 0.717) is 6.10 Å². The minimum atomic E-state index is -0.0862. The van der Waals surface area contributed by atoms with Crippen LogP contribution in [0.4, 0.5) is 0 Å². The lowest BCUT2D eigenvalue weighted by Gasteiger charge is -2.36. The zero-order valence-electron chi connectivity index (χ0n) is 17.1. The highest BCUT2D eigenvalue weighted by Gasteiger charge is 2.26. The van der Waals surface area contributed by atoms with E-state index in [0.717, 1.165) is 68.7 Å². The van der Waals surface area contributed by atoms with Crippen LogP contribution in [0.2, 0.25) is 5.02 Å². The summed E-state index contributed by atoms with van der Waals surface area (Å²) in [7, 11) is 3.57. The van der Waals surface area contributed by atoms with Gasteiger partial charge in [0.2, 0.25) is 0 Å². The SMILES string of the molecule is CN=C(NCC(C)(C)c1ccccc1Cl)N1CCC(OCCCOC)CC1. The number of benzene rings is 1. The van der Waals surface area contributed by atoms with E-state index in [1.165, 1.54) is 0 Å². The van der Waals surface area contributed by atoms with Crippen molar-refractivity contribution in [1.29, 1.82) is 0 Å². The lowest BCUT2D eigenvalue weighted by Crippen LogP contribution is -2.49. The summed E-state index contributed by atoms with van der Waals surface area (Å²) < 4.78 is 11.0. The van der Waals surface area contributed by atoms with Crippen LogP contribution >= 0.6 is 11.6 Å². The molecule has 0 atom stereocenters. The molecule has 27 heavy (non-hydrogen) atoms. The van der Waals surface area contributed by atoms with Crippen molar-refractivity contribution in [3.63, 3.8) is 0 Å². The Morgan fingerprint density at radius 1 is 1.26 bits per heavy atom. The van der Waals surface area contributed by atoms with Crippen LogP contribution in [0.1, 0.15) is 38.7 Å². The number of hydrogen-bond acceptors (Lipinski definition) is 3. The van der Waals surface area contributed by atoms with E-state index in [2.05, 4.69) is 35.1 Å². The molecule has 0 aliphatic carbocycles. The van der Waals surface area contributed by atoms with Gasteiger partial charge in [0.25, 0.3) is 0 Å². The first-order valence-corrected chi connectivity index (χ1v) is 10.2. The maximum Gasteiger partial charge on any atom is 0.193 e. The summed E-state index contributed by atoms with van der Waals surface area (Å²) in [5, 5.41) is 4.35. The largest absolute Gasteiger partial charge is 0.385 e. The molecule has 0 saturated carbocycles. The molecule has 0 unspecified atom stereocenters. The first-order valence-electron chi connectivity index (χ1n) is 9.79. The van der Waals surface area contributed by atoms with E-state index in [9.17, 15) is 0 Å². The zero-order chi connectivity index (χ0) is 19.7. The van der Waals surface area contributed by atoms with Gasteiger partial charge in [-0.2, -0.15) is 0 Å². The Morgan fingerprint density at radius 3 is 2.59 bits per heavy atom. The van der Waals surface area contributed by atoms with Crippen molar-refractivity contribution < 1.29 is 9.47 Å². The van der Waals surface area contributed by atoms with Gasteiger partial charge in [-0.05, 0) is 30.9 Å². The minimum Gasteiger partial charge on any atom is -0.385 e. The smallest absolute Gasteiger partial charge is 0.193 e. The summed E-state index contributed by atoms with van der Waals surface area (Å²) in [5.74, 6) is 0.952. The maximum absolute atomic E-state index is 6.39. The van der Waals surface area contributed by atoms with Crippen molar-refractivity contribution >= 4 is 17.6 Å². The maximum atomic E-state index is 6.39. The van der Waals surface area contributed by atoms with Gasteiger partial charge in [0.15, 0.2) is 5.96 Å². The molecular weight excluding hydrogens is 362 g/mol. The van der Waals surface area contributed by atoms with Crippen LogP contribution in [0.25, 0.3) is 0 Å². The van der Waals surface area contributed by atoms with Crippen LogP contribution in [-0.4, -0.2) is 64.0 Å². The van der Waals surface area contributed by atoms with E-state index in [4.69, 9.17) is 21.1 Å². The molecule has 0 bridgehead atoms. The van der Waals surface area contributed by atoms with Crippen LogP contribution < -0.4 is 5.32 Å². The normalized spacial score (nSPS) is 16.6. The number of rotatable bonds is 8. The van der Waals surface area contributed by atoms with Gasteiger partial charge in [-0.15, -0.1) is 0 Å². The fourth-order valence-corrected chi connectivity index (χ4v) is 3.82. The number of methoxy groups -OCH3 is 1. The van der Waals surface area contributed by atoms with Gasteiger partial charge < -0.3 is 19.7 Å². The average molecular weight is 396 g/mol. The molecule has 1 fully saturated rings. The highest BCUT2D eigenvalue weighted by molar-refractivity contribution is 6.31. The number of piperidine rings is 1. The Kier molecular flexibility index (Phi) is 8.87. The van der Waals surface area contributed by atoms with Gasteiger partial charge in [-0.25, -0.2) is 0 Å². The number of guanidine groups is 1. The molecule has 1 aliphatic heterocycles. The van der Waals surface area contributed by atoms with E-state index < -0.39 is 0 Å². The average Bonchev–Trinajstić information content (AvgIpc) is 2.67. The summed E-state index contributed by atoms with van der Waals surface area (Å²) in [6.07, 6.45) is 3.36. The second-order valence-electron chi connectivity index (χ2n) is 7.67. The fourth-order valence-electron chi connectivity index (χ4n) is 3.43. The van der Waals surface area contributed by atoms with Crippen LogP contribution in [0.15, 0.2) is 29.3 Å². The number of nitrogens with one attached hydrogen (secondary N) is 1. The molecule has 1 N–H and O–H groups in total. The molecule has 1 saturated heterocycles. The van der Waals surface area contributed by atoms with E-state index in [1.807, 2.05) is 25.2 Å². The molecule has 0 aromatic heterocycles. The molecule has 1 heterocycles. The number of likely N-dealkylation sites (tertiary alicyclic amines) is 1. The lowest BCUT2D eigenvalue weighted by atomic mass is 9.84. The summed E-state index contributed by atoms with van der Waals surface area (Å²) in [5.41, 5.74) is 1.06. The minimum absolute atomic E-state index is 0.0862. The van der Waals surface area contributed by atoms with Crippen molar-refractivity contribution in [2.24, 2.45) is 4.99 Å². The topological polar surface area (TPSA) is 46.1 Å². The monoisotopic (exact) mass is 395 g/mol. The third kappa shape index (κ3) is 6.66. The number of ether oxygens (including phenoxy) is 2. The van der Waals surface area contributed by atoms with Crippen LogP contribution in [0.5, 0.6) is 0 Å².